The van der Waals surface area contributed by atoms with Gasteiger partial charge in [0.2, 0.25) is 0 Å². The molecule has 2 heterocycles. The van der Waals surface area contributed by atoms with E-state index < -0.39 is 0 Å². The average molecular weight is 248 g/mol. The average Bonchev–Trinajstić information content (AvgIpc) is 2.80. The SMILES string of the molecule is Cn1cc(-n2c(=S)[nH]c3cc(F)ccc32)cn1. The molecule has 0 amide bonds. The number of nitrogens with one attached hydrogen (secondary N) is 1. The van der Waals surface area contributed by atoms with Crippen molar-refractivity contribution in [3.05, 3.63) is 41.2 Å². The lowest BCUT2D eigenvalue weighted by atomic mass is 10.3. The molecule has 2 aromatic heterocycles. The van der Waals surface area contributed by atoms with Crippen molar-refractivity contribution in [2.75, 3.05) is 0 Å². The third kappa shape index (κ3) is 1.57. The highest BCUT2D eigenvalue weighted by atomic mass is 32.1. The van der Waals surface area contributed by atoms with Gasteiger partial charge in [-0.2, -0.15) is 5.10 Å². The molecule has 0 saturated carbocycles. The molecular formula is C11H9FN4S. The van der Waals surface area contributed by atoms with Crippen LogP contribution in [0.5, 0.6) is 0 Å². The van der Waals surface area contributed by atoms with Crippen molar-refractivity contribution in [2.45, 2.75) is 0 Å². The van der Waals surface area contributed by atoms with E-state index in [0.29, 0.717) is 10.3 Å². The third-order valence-electron chi connectivity index (χ3n) is 2.59. The summed E-state index contributed by atoms with van der Waals surface area (Å²) in [7, 11) is 1.83. The Morgan fingerprint density at radius 2 is 2.24 bits per heavy atom. The van der Waals surface area contributed by atoms with Gasteiger partial charge in [0.1, 0.15) is 5.82 Å². The van der Waals surface area contributed by atoms with Crippen LogP contribution in [0, 0.1) is 10.6 Å². The Labute approximate surface area is 101 Å². The fourth-order valence-electron chi connectivity index (χ4n) is 1.86. The predicted octanol–water partition coefficient (Wildman–Crippen LogP) is 2.56. The van der Waals surface area contributed by atoms with Crippen LogP contribution in [0.2, 0.25) is 0 Å². The van der Waals surface area contributed by atoms with Crippen molar-refractivity contribution in [1.29, 1.82) is 0 Å². The van der Waals surface area contributed by atoms with Crippen molar-refractivity contribution in [2.24, 2.45) is 7.05 Å². The molecule has 0 saturated heterocycles. The van der Waals surface area contributed by atoms with Gasteiger partial charge in [-0.05, 0) is 30.4 Å². The van der Waals surface area contributed by atoms with Crippen LogP contribution >= 0.6 is 12.2 Å². The summed E-state index contributed by atoms with van der Waals surface area (Å²) < 4.78 is 17.2. The summed E-state index contributed by atoms with van der Waals surface area (Å²) in [5.41, 5.74) is 2.37. The summed E-state index contributed by atoms with van der Waals surface area (Å²) in [6, 6.07) is 4.54. The number of nitrogens with zero attached hydrogens (tertiary/aromatic N) is 3. The standard InChI is InChI=1S/C11H9FN4S/c1-15-6-8(5-13-15)16-10-3-2-7(12)4-9(10)14-11(16)17/h2-6H,1H3,(H,14,17). The predicted molar refractivity (Wildman–Crippen MR) is 65.2 cm³/mol. The van der Waals surface area contributed by atoms with E-state index in [-0.39, 0.29) is 5.82 Å². The molecule has 0 aliphatic heterocycles. The first-order valence-corrected chi connectivity index (χ1v) is 5.45. The highest BCUT2D eigenvalue weighted by molar-refractivity contribution is 7.71. The highest BCUT2D eigenvalue weighted by Crippen LogP contribution is 2.19. The second kappa shape index (κ2) is 3.53. The number of rotatable bonds is 1. The van der Waals surface area contributed by atoms with E-state index in [4.69, 9.17) is 12.2 Å². The molecule has 17 heavy (non-hydrogen) atoms. The van der Waals surface area contributed by atoms with Crippen LogP contribution in [0.1, 0.15) is 0 Å². The van der Waals surface area contributed by atoms with E-state index in [1.54, 1.807) is 16.9 Å². The van der Waals surface area contributed by atoms with Gasteiger partial charge in [-0.3, -0.25) is 9.25 Å². The second-order valence-corrected chi connectivity index (χ2v) is 4.19. The van der Waals surface area contributed by atoms with Gasteiger partial charge in [-0.1, -0.05) is 0 Å². The molecule has 0 spiro atoms. The largest absolute Gasteiger partial charge is 0.330 e. The molecule has 4 nitrogen and oxygen atoms in total. The monoisotopic (exact) mass is 248 g/mol. The molecule has 86 valence electrons. The van der Waals surface area contributed by atoms with E-state index >= 15 is 0 Å². The van der Waals surface area contributed by atoms with Gasteiger partial charge in [0.25, 0.3) is 0 Å². The van der Waals surface area contributed by atoms with Gasteiger partial charge in [0.05, 0.1) is 22.9 Å². The molecule has 0 atom stereocenters. The first kappa shape index (κ1) is 10.2. The first-order chi connectivity index (χ1) is 8.15. The van der Waals surface area contributed by atoms with E-state index in [9.17, 15) is 4.39 Å². The summed E-state index contributed by atoms with van der Waals surface area (Å²) >= 11 is 5.24. The molecule has 6 heteroatoms. The summed E-state index contributed by atoms with van der Waals surface area (Å²) in [6.07, 6.45) is 3.57. The maximum Gasteiger partial charge on any atom is 0.182 e. The van der Waals surface area contributed by atoms with Crippen LogP contribution in [-0.4, -0.2) is 19.3 Å². The van der Waals surface area contributed by atoms with Crippen molar-refractivity contribution in [3.8, 4) is 5.69 Å². The maximum atomic E-state index is 13.1. The normalized spacial score (nSPS) is 11.2. The van der Waals surface area contributed by atoms with Crippen LogP contribution in [0.25, 0.3) is 16.7 Å². The lowest BCUT2D eigenvalue weighted by molar-refractivity contribution is 0.629. The lowest BCUT2D eigenvalue weighted by Gasteiger charge is -1.99. The molecule has 0 fully saturated rings. The van der Waals surface area contributed by atoms with Crippen molar-refractivity contribution < 1.29 is 4.39 Å². The topological polar surface area (TPSA) is 38.5 Å². The molecule has 3 aromatic rings. The second-order valence-electron chi connectivity index (χ2n) is 3.80. The van der Waals surface area contributed by atoms with Crippen LogP contribution in [0.3, 0.4) is 0 Å². The summed E-state index contributed by atoms with van der Waals surface area (Å²) in [5, 5.41) is 4.10. The smallest absolute Gasteiger partial charge is 0.182 e. The number of fused-ring (bicyclic) bond motifs is 1. The van der Waals surface area contributed by atoms with Crippen LogP contribution < -0.4 is 0 Å². The van der Waals surface area contributed by atoms with E-state index in [0.717, 1.165) is 11.2 Å². The van der Waals surface area contributed by atoms with Gasteiger partial charge < -0.3 is 4.98 Å². The molecule has 3 rings (SSSR count). The maximum absolute atomic E-state index is 13.1. The van der Waals surface area contributed by atoms with Crippen molar-refractivity contribution in [3.63, 3.8) is 0 Å². The van der Waals surface area contributed by atoms with Gasteiger partial charge in [0, 0.05) is 13.2 Å². The Morgan fingerprint density at radius 1 is 1.41 bits per heavy atom. The molecular weight excluding hydrogens is 239 g/mol. The number of hydrogen-bond donors (Lipinski definition) is 1. The van der Waals surface area contributed by atoms with Gasteiger partial charge >= 0.3 is 0 Å². The van der Waals surface area contributed by atoms with Crippen LogP contribution in [-0.2, 0) is 7.05 Å². The minimum absolute atomic E-state index is 0.285. The fourth-order valence-corrected chi connectivity index (χ4v) is 2.18. The van der Waals surface area contributed by atoms with E-state index in [2.05, 4.69) is 10.1 Å². The Bertz CT molecular complexity index is 752. The quantitative estimate of drug-likeness (QED) is 0.672. The fraction of sp³-hybridized carbons (Fsp3) is 0.0909. The third-order valence-corrected chi connectivity index (χ3v) is 2.88. The number of hydrogen-bond acceptors (Lipinski definition) is 2. The molecule has 0 radical (unpaired) electrons. The zero-order valence-corrected chi connectivity index (χ0v) is 9.83. The molecule has 0 aliphatic carbocycles. The van der Waals surface area contributed by atoms with E-state index in [1.165, 1.54) is 12.1 Å². The van der Waals surface area contributed by atoms with Gasteiger partial charge in [0.15, 0.2) is 4.77 Å². The van der Waals surface area contributed by atoms with Crippen LogP contribution in [0.15, 0.2) is 30.6 Å². The first-order valence-electron chi connectivity index (χ1n) is 5.04. The highest BCUT2D eigenvalue weighted by Gasteiger charge is 2.08. The number of H-pyrrole nitrogens is 1. The number of aryl methyl sites for hydroxylation is 1. The number of aromatic amines is 1. The Kier molecular flexibility index (Phi) is 2.12. The summed E-state index contributed by atoms with van der Waals surface area (Å²) in [5.74, 6) is -0.285. The van der Waals surface area contributed by atoms with E-state index in [1.807, 2.05) is 17.8 Å². The molecule has 0 bridgehead atoms. The number of benzene rings is 1. The number of halogens is 1. The summed E-state index contributed by atoms with van der Waals surface area (Å²) in [4.78, 5) is 2.98. The zero-order chi connectivity index (χ0) is 12.0. The molecule has 1 N–H and O–H groups in total. The molecule has 0 unspecified atom stereocenters. The molecule has 1 aromatic carbocycles. The zero-order valence-electron chi connectivity index (χ0n) is 9.01. The Balaban J connectivity index is 2.36. The Hall–Kier alpha value is -1.95. The minimum atomic E-state index is -0.285. The summed E-state index contributed by atoms with van der Waals surface area (Å²) in [6.45, 7) is 0. The lowest BCUT2D eigenvalue weighted by Crippen LogP contribution is -1.92. The Morgan fingerprint density at radius 3 is 2.94 bits per heavy atom. The van der Waals surface area contributed by atoms with Gasteiger partial charge in [-0.25, -0.2) is 4.39 Å². The molecule has 0 aliphatic rings. The van der Waals surface area contributed by atoms with Gasteiger partial charge in [-0.15, -0.1) is 0 Å². The minimum Gasteiger partial charge on any atom is -0.330 e. The van der Waals surface area contributed by atoms with Crippen molar-refractivity contribution in [1.82, 2.24) is 19.3 Å². The van der Waals surface area contributed by atoms with Crippen LogP contribution in [0.4, 0.5) is 4.39 Å². The van der Waals surface area contributed by atoms with Crippen molar-refractivity contribution >= 4 is 23.3 Å². The number of imidazole rings is 1. The number of aromatic nitrogens is 4.